The number of nitrogens with zero attached hydrogens (tertiary/aromatic N) is 1. The van der Waals surface area contributed by atoms with Crippen molar-refractivity contribution in [3.05, 3.63) is 30.1 Å². The van der Waals surface area contributed by atoms with Crippen LogP contribution in [0, 0.1) is 5.82 Å². The lowest BCUT2D eigenvalue weighted by Gasteiger charge is -2.23. The highest BCUT2D eigenvalue weighted by Gasteiger charge is 2.32. The van der Waals surface area contributed by atoms with Crippen LogP contribution < -0.4 is 4.72 Å². The molecule has 1 aliphatic heterocycles. The van der Waals surface area contributed by atoms with Gasteiger partial charge in [0.05, 0.1) is 4.90 Å². The van der Waals surface area contributed by atoms with Crippen molar-refractivity contribution in [2.45, 2.75) is 49.1 Å². The fourth-order valence-corrected chi connectivity index (χ4v) is 4.65. The quantitative estimate of drug-likeness (QED) is 0.926. The molecule has 0 spiro atoms. The highest BCUT2D eigenvalue weighted by atomic mass is 32.2. The first-order valence-electron chi connectivity index (χ1n) is 7.56. The summed E-state index contributed by atoms with van der Waals surface area (Å²) in [4.78, 5) is 2.54. The molecule has 1 heterocycles. The van der Waals surface area contributed by atoms with Crippen LogP contribution in [0.1, 0.15) is 32.1 Å². The first kappa shape index (κ1) is 14.9. The number of hydrogen-bond donors (Lipinski definition) is 1. The van der Waals surface area contributed by atoms with Crippen LogP contribution in [0.15, 0.2) is 29.2 Å². The first-order valence-corrected chi connectivity index (χ1v) is 9.05. The average Bonchev–Trinajstić information content (AvgIpc) is 3.09. The molecule has 1 unspecified atom stereocenters. The SMILES string of the molecule is O=S(=O)(NC1CCN(C2CCCC2)C1)c1ccc(F)cc1. The molecule has 0 amide bonds. The van der Waals surface area contributed by atoms with Crippen molar-refractivity contribution in [2.75, 3.05) is 13.1 Å². The van der Waals surface area contributed by atoms with Crippen LogP contribution in [0.2, 0.25) is 0 Å². The number of hydrogen-bond acceptors (Lipinski definition) is 3. The molecule has 116 valence electrons. The Morgan fingerprint density at radius 1 is 1.10 bits per heavy atom. The number of nitrogens with one attached hydrogen (secondary N) is 1. The average molecular weight is 312 g/mol. The number of sulfonamides is 1. The molecule has 1 atom stereocenters. The van der Waals surface area contributed by atoms with Crippen molar-refractivity contribution >= 4 is 10.0 Å². The van der Waals surface area contributed by atoms with Crippen molar-refractivity contribution in [1.82, 2.24) is 9.62 Å². The molecule has 2 fully saturated rings. The Balaban J connectivity index is 1.62. The van der Waals surface area contributed by atoms with Crippen LogP contribution in [0.4, 0.5) is 4.39 Å². The Kier molecular flexibility index (Phi) is 4.28. The Labute approximate surface area is 125 Å². The summed E-state index contributed by atoms with van der Waals surface area (Å²) in [6.07, 6.45) is 5.88. The number of benzene rings is 1. The molecule has 0 bridgehead atoms. The van der Waals surface area contributed by atoms with Crippen LogP contribution in [-0.4, -0.2) is 38.5 Å². The van der Waals surface area contributed by atoms with Gasteiger partial charge in [-0.1, -0.05) is 12.8 Å². The van der Waals surface area contributed by atoms with Crippen LogP contribution in [0.5, 0.6) is 0 Å². The zero-order valence-corrected chi connectivity index (χ0v) is 12.8. The standard InChI is InChI=1S/C15H21FN2O2S/c16-12-5-7-15(8-6-12)21(19,20)17-13-9-10-18(11-13)14-3-1-2-4-14/h5-8,13-14,17H,1-4,9-11H2. The van der Waals surface area contributed by atoms with E-state index in [0.29, 0.717) is 6.04 Å². The second kappa shape index (κ2) is 6.02. The zero-order chi connectivity index (χ0) is 14.9. The molecule has 1 N–H and O–H groups in total. The molecule has 1 aliphatic carbocycles. The summed E-state index contributed by atoms with van der Waals surface area (Å²) >= 11 is 0. The first-order chi connectivity index (χ1) is 10.0. The normalized spacial score (nSPS) is 24.7. The van der Waals surface area contributed by atoms with Crippen molar-refractivity contribution in [3.8, 4) is 0 Å². The third kappa shape index (κ3) is 3.44. The highest BCUT2D eigenvalue weighted by molar-refractivity contribution is 7.89. The van der Waals surface area contributed by atoms with Gasteiger partial charge in [-0.05, 0) is 43.5 Å². The number of likely N-dealkylation sites (tertiary alicyclic amines) is 1. The number of halogens is 1. The van der Waals surface area contributed by atoms with Gasteiger partial charge in [-0.25, -0.2) is 17.5 Å². The van der Waals surface area contributed by atoms with E-state index in [2.05, 4.69) is 9.62 Å². The van der Waals surface area contributed by atoms with Gasteiger partial charge >= 0.3 is 0 Å². The maximum Gasteiger partial charge on any atom is 0.240 e. The van der Waals surface area contributed by atoms with Crippen LogP contribution in [-0.2, 0) is 10.0 Å². The topological polar surface area (TPSA) is 49.4 Å². The summed E-state index contributed by atoms with van der Waals surface area (Å²) in [5, 5.41) is 0. The fourth-order valence-electron chi connectivity index (χ4n) is 3.39. The molecule has 1 aromatic rings. The van der Waals surface area contributed by atoms with Gasteiger partial charge in [0.1, 0.15) is 5.82 Å². The van der Waals surface area contributed by atoms with E-state index in [-0.39, 0.29) is 10.9 Å². The van der Waals surface area contributed by atoms with E-state index in [0.717, 1.165) is 19.5 Å². The summed E-state index contributed by atoms with van der Waals surface area (Å²) in [5.41, 5.74) is 0. The lowest BCUT2D eigenvalue weighted by atomic mass is 10.2. The van der Waals surface area contributed by atoms with Crippen molar-refractivity contribution < 1.29 is 12.8 Å². The lowest BCUT2D eigenvalue weighted by molar-refractivity contribution is 0.242. The van der Waals surface area contributed by atoms with Crippen molar-refractivity contribution in [2.24, 2.45) is 0 Å². The molecule has 4 nitrogen and oxygen atoms in total. The van der Waals surface area contributed by atoms with E-state index in [9.17, 15) is 12.8 Å². The van der Waals surface area contributed by atoms with Crippen molar-refractivity contribution in [1.29, 1.82) is 0 Å². The third-order valence-corrected chi connectivity index (χ3v) is 6.04. The second-order valence-electron chi connectivity index (χ2n) is 5.99. The molecule has 3 rings (SSSR count). The lowest BCUT2D eigenvalue weighted by Crippen LogP contribution is -2.39. The van der Waals surface area contributed by atoms with E-state index in [1.165, 1.54) is 49.9 Å². The van der Waals surface area contributed by atoms with Crippen LogP contribution >= 0.6 is 0 Å². The molecule has 2 aliphatic rings. The zero-order valence-electron chi connectivity index (χ0n) is 12.0. The minimum atomic E-state index is -3.55. The molecule has 6 heteroatoms. The van der Waals surface area contributed by atoms with Gasteiger partial charge in [0.2, 0.25) is 10.0 Å². The Morgan fingerprint density at radius 2 is 1.76 bits per heavy atom. The van der Waals surface area contributed by atoms with E-state index in [1.54, 1.807) is 0 Å². The molecule has 0 aromatic heterocycles. The van der Waals surface area contributed by atoms with Gasteiger partial charge in [0.25, 0.3) is 0 Å². The van der Waals surface area contributed by atoms with Gasteiger partial charge in [-0.15, -0.1) is 0 Å². The molecule has 1 saturated carbocycles. The largest absolute Gasteiger partial charge is 0.299 e. The molecule has 0 radical (unpaired) electrons. The summed E-state index contributed by atoms with van der Waals surface area (Å²) < 4.78 is 40.2. The Morgan fingerprint density at radius 3 is 2.43 bits per heavy atom. The van der Waals surface area contributed by atoms with E-state index >= 15 is 0 Å². The summed E-state index contributed by atoms with van der Waals surface area (Å²) in [7, 11) is -3.55. The fraction of sp³-hybridized carbons (Fsp3) is 0.600. The van der Waals surface area contributed by atoms with Crippen LogP contribution in [0.25, 0.3) is 0 Å². The summed E-state index contributed by atoms with van der Waals surface area (Å²) in [6, 6.07) is 5.55. The summed E-state index contributed by atoms with van der Waals surface area (Å²) in [6.45, 7) is 1.74. The molecular formula is C15H21FN2O2S. The predicted molar refractivity (Wildman–Crippen MR) is 79.0 cm³/mol. The number of rotatable bonds is 4. The summed E-state index contributed by atoms with van der Waals surface area (Å²) in [5.74, 6) is -0.428. The smallest absolute Gasteiger partial charge is 0.240 e. The Bertz CT molecular complexity index is 582. The van der Waals surface area contributed by atoms with Gasteiger partial charge in [0, 0.05) is 25.2 Å². The molecular weight excluding hydrogens is 291 g/mol. The third-order valence-electron chi connectivity index (χ3n) is 4.51. The van der Waals surface area contributed by atoms with Gasteiger partial charge < -0.3 is 0 Å². The minimum Gasteiger partial charge on any atom is -0.299 e. The predicted octanol–water partition coefficient (Wildman–Crippen LogP) is 2.12. The van der Waals surface area contributed by atoms with E-state index < -0.39 is 15.8 Å². The molecule has 21 heavy (non-hydrogen) atoms. The highest BCUT2D eigenvalue weighted by Crippen LogP contribution is 2.27. The molecule has 1 aromatic carbocycles. The van der Waals surface area contributed by atoms with Crippen molar-refractivity contribution in [3.63, 3.8) is 0 Å². The minimum absolute atomic E-state index is 0.0411. The monoisotopic (exact) mass is 312 g/mol. The van der Waals surface area contributed by atoms with E-state index in [1.807, 2.05) is 0 Å². The Hall–Kier alpha value is -0.980. The van der Waals surface area contributed by atoms with Gasteiger partial charge in [-0.2, -0.15) is 0 Å². The van der Waals surface area contributed by atoms with E-state index in [4.69, 9.17) is 0 Å². The maximum atomic E-state index is 12.9. The maximum absolute atomic E-state index is 12.9. The van der Waals surface area contributed by atoms with Gasteiger partial charge in [-0.3, -0.25) is 4.90 Å². The van der Waals surface area contributed by atoms with Gasteiger partial charge in [0.15, 0.2) is 0 Å². The second-order valence-corrected chi connectivity index (χ2v) is 7.71. The molecule has 1 saturated heterocycles. The van der Waals surface area contributed by atoms with Crippen LogP contribution in [0.3, 0.4) is 0 Å².